The molecule has 0 spiro atoms. The van der Waals surface area contributed by atoms with Crippen LogP contribution >= 0.6 is 15.9 Å². The summed E-state index contributed by atoms with van der Waals surface area (Å²) in [5.41, 5.74) is 1.00. The molecule has 16 heavy (non-hydrogen) atoms. The Balaban J connectivity index is 2.08. The van der Waals surface area contributed by atoms with E-state index in [0.717, 1.165) is 15.9 Å². The number of hydrogen-bond donors (Lipinski definition) is 1. The molecule has 2 aromatic rings. The highest BCUT2D eigenvalue weighted by atomic mass is 79.9. The lowest BCUT2D eigenvalue weighted by Gasteiger charge is -2.08. The third kappa shape index (κ3) is 2.41. The van der Waals surface area contributed by atoms with Crippen LogP contribution in [0.4, 0.5) is 10.2 Å². The number of halogens is 2. The molecular formula is C11H11BrFN3. The first kappa shape index (κ1) is 11.1. The van der Waals surface area contributed by atoms with Gasteiger partial charge < -0.3 is 5.32 Å². The topological polar surface area (TPSA) is 29.9 Å². The number of nitrogens with zero attached hydrogens (tertiary/aromatic N) is 2. The van der Waals surface area contributed by atoms with Gasteiger partial charge in [-0.15, -0.1) is 0 Å². The molecule has 0 amide bonds. The second-order valence-electron chi connectivity index (χ2n) is 3.43. The van der Waals surface area contributed by atoms with Crippen molar-refractivity contribution in [3.8, 4) is 0 Å². The molecule has 0 atom stereocenters. The first-order chi connectivity index (χ1) is 7.66. The van der Waals surface area contributed by atoms with Crippen molar-refractivity contribution in [1.82, 2.24) is 9.78 Å². The zero-order valence-electron chi connectivity index (χ0n) is 8.74. The maximum Gasteiger partial charge on any atom is 0.124 e. The molecule has 3 nitrogen and oxygen atoms in total. The van der Waals surface area contributed by atoms with Crippen LogP contribution in [0, 0.1) is 5.82 Å². The van der Waals surface area contributed by atoms with Gasteiger partial charge >= 0.3 is 0 Å². The number of nitrogens with one attached hydrogen (secondary N) is 1. The van der Waals surface area contributed by atoms with E-state index < -0.39 is 0 Å². The smallest absolute Gasteiger partial charge is 0.124 e. The molecule has 84 valence electrons. The molecule has 0 saturated heterocycles. The van der Waals surface area contributed by atoms with E-state index in [9.17, 15) is 4.39 Å². The van der Waals surface area contributed by atoms with Crippen molar-refractivity contribution >= 4 is 21.7 Å². The van der Waals surface area contributed by atoms with E-state index in [-0.39, 0.29) is 5.82 Å². The molecule has 0 saturated carbocycles. The number of hydrogen-bond acceptors (Lipinski definition) is 2. The SMILES string of the molecule is Cn1nccc1NCc1ccc(F)cc1Br. The van der Waals surface area contributed by atoms with Crippen molar-refractivity contribution in [2.75, 3.05) is 5.32 Å². The summed E-state index contributed by atoms with van der Waals surface area (Å²) in [5.74, 6) is 0.687. The van der Waals surface area contributed by atoms with E-state index in [1.165, 1.54) is 12.1 Å². The van der Waals surface area contributed by atoms with Gasteiger partial charge in [0.15, 0.2) is 0 Å². The van der Waals surface area contributed by atoms with Crippen LogP contribution in [0.15, 0.2) is 34.9 Å². The van der Waals surface area contributed by atoms with Gasteiger partial charge in [0.25, 0.3) is 0 Å². The number of rotatable bonds is 3. The third-order valence-electron chi connectivity index (χ3n) is 2.30. The molecule has 1 aromatic heterocycles. The zero-order valence-corrected chi connectivity index (χ0v) is 10.3. The van der Waals surface area contributed by atoms with Crippen molar-refractivity contribution in [3.63, 3.8) is 0 Å². The highest BCUT2D eigenvalue weighted by molar-refractivity contribution is 9.10. The molecular weight excluding hydrogens is 273 g/mol. The summed E-state index contributed by atoms with van der Waals surface area (Å²) in [5, 5.41) is 7.27. The zero-order chi connectivity index (χ0) is 11.5. The quantitative estimate of drug-likeness (QED) is 0.939. The molecule has 0 aliphatic heterocycles. The van der Waals surface area contributed by atoms with Crippen molar-refractivity contribution in [2.45, 2.75) is 6.54 Å². The fraction of sp³-hybridized carbons (Fsp3) is 0.182. The van der Waals surface area contributed by atoms with E-state index in [0.29, 0.717) is 6.54 Å². The van der Waals surface area contributed by atoms with E-state index in [4.69, 9.17) is 0 Å². The Hall–Kier alpha value is -1.36. The molecule has 0 bridgehead atoms. The largest absolute Gasteiger partial charge is 0.366 e. The summed E-state index contributed by atoms with van der Waals surface area (Å²) < 4.78 is 15.4. The minimum atomic E-state index is -0.240. The summed E-state index contributed by atoms with van der Waals surface area (Å²) in [7, 11) is 1.86. The standard InChI is InChI=1S/C11H11BrFN3/c1-16-11(4-5-15-16)14-7-8-2-3-9(13)6-10(8)12/h2-6,14H,7H2,1H3. The van der Waals surface area contributed by atoms with Gasteiger partial charge in [0.05, 0.1) is 6.20 Å². The van der Waals surface area contributed by atoms with Crippen LogP contribution in [0.1, 0.15) is 5.56 Å². The van der Waals surface area contributed by atoms with Gasteiger partial charge in [0.1, 0.15) is 11.6 Å². The Labute approximate surface area is 101 Å². The molecule has 0 radical (unpaired) electrons. The van der Waals surface area contributed by atoms with Gasteiger partial charge in [0, 0.05) is 24.1 Å². The van der Waals surface area contributed by atoms with Crippen molar-refractivity contribution < 1.29 is 4.39 Å². The summed E-state index contributed by atoms with van der Waals surface area (Å²) in [6.45, 7) is 0.625. The average molecular weight is 284 g/mol. The van der Waals surface area contributed by atoms with Crippen LogP contribution < -0.4 is 5.32 Å². The first-order valence-corrected chi connectivity index (χ1v) is 5.62. The molecule has 5 heteroatoms. The lowest BCUT2D eigenvalue weighted by atomic mass is 10.2. The van der Waals surface area contributed by atoms with Crippen LogP contribution in [0.2, 0.25) is 0 Å². The maximum atomic E-state index is 12.9. The Morgan fingerprint density at radius 3 is 2.88 bits per heavy atom. The van der Waals surface area contributed by atoms with Gasteiger partial charge in [-0.25, -0.2) is 4.39 Å². The minimum Gasteiger partial charge on any atom is -0.366 e. The van der Waals surface area contributed by atoms with Gasteiger partial charge in [-0.3, -0.25) is 4.68 Å². The van der Waals surface area contributed by atoms with Crippen LogP contribution in [0.5, 0.6) is 0 Å². The molecule has 1 heterocycles. The van der Waals surface area contributed by atoms with Gasteiger partial charge in [0.2, 0.25) is 0 Å². The summed E-state index contributed by atoms with van der Waals surface area (Å²) in [4.78, 5) is 0. The third-order valence-corrected chi connectivity index (χ3v) is 3.03. The fourth-order valence-corrected chi connectivity index (χ4v) is 1.89. The number of anilines is 1. The predicted molar refractivity (Wildman–Crippen MR) is 64.6 cm³/mol. The monoisotopic (exact) mass is 283 g/mol. The van der Waals surface area contributed by atoms with E-state index in [2.05, 4.69) is 26.3 Å². The second kappa shape index (κ2) is 4.65. The number of aryl methyl sites for hydroxylation is 1. The normalized spacial score (nSPS) is 10.4. The Morgan fingerprint density at radius 1 is 1.44 bits per heavy atom. The molecule has 1 N–H and O–H groups in total. The van der Waals surface area contributed by atoms with E-state index in [1.807, 2.05) is 13.1 Å². The highest BCUT2D eigenvalue weighted by Gasteiger charge is 2.02. The lowest BCUT2D eigenvalue weighted by molar-refractivity contribution is 0.626. The fourth-order valence-electron chi connectivity index (χ4n) is 1.40. The van der Waals surface area contributed by atoms with Crippen LogP contribution in [0.25, 0.3) is 0 Å². The van der Waals surface area contributed by atoms with E-state index >= 15 is 0 Å². The number of aromatic nitrogens is 2. The maximum absolute atomic E-state index is 12.9. The first-order valence-electron chi connectivity index (χ1n) is 4.82. The van der Waals surface area contributed by atoms with Gasteiger partial charge in [-0.2, -0.15) is 5.10 Å². The van der Waals surface area contributed by atoms with Crippen LogP contribution in [0.3, 0.4) is 0 Å². The number of benzene rings is 1. The van der Waals surface area contributed by atoms with Crippen molar-refractivity contribution in [1.29, 1.82) is 0 Å². The summed E-state index contributed by atoms with van der Waals surface area (Å²) >= 11 is 3.33. The molecule has 0 fully saturated rings. The Bertz CT molecular complexity index is 496. The highest BCUT2D eigenvalue weighted by Crippen LogP contribution is 2.19. The second-order valence-corrected chi connectivity index (χ2v) is 4.28. The lowest BCUT2D eigenvalue weighted by Crippen LogP contribution is -2.05. The molecule has 1 aromatic carbocycles. The average Bonchev–Trinajstić information content (AvgIpc) is 2.63. The summed E-state index contributed by atoms with van der Waals surface area (Å²) in [6.07, 6.45) is 1.72. The van der Waals surface area contributed by atoms with Gasteiger partial charge in [-0.05, 0) is 17.7 Å². The van der Waals surface area contributed by atoms with E-state index in [1.54, 1.807) is 16.9 Å². The molecule has 2 rings (SSSR count). The van der Waals surface area contributed by atoms with Crippen LogP contribution in [-0.4, -0.2) is 9.78 Å². The molecule has 0 unspecified atom stereocenters. The summed E-state index contributed by atoms with van der Waals surface area (Å²) in [6, 6.07) is 6.55. The van der Waals surface area contributed by atoms with Crippen molar-refractivity contribution in [3.05, 3.63) is 46.3 Å². The predicted octanol–water partition coefficient (Wildman–Crippen LogP) is 2.93. The minimum absolute atomic E-state index is 0.240. The van der Waals surface area contributed by atoms with Crippen molar-refractivity contribution in [2.24, 2.45) is 7.05 Å². The Morgan fingerprint density at radius 2 is 2.25 bits per heavy atom. The Kier molecular flexibility index (Phi) is 3.24. The molecule has 0 aliphatic carbocycles. The van der Waals surface area contributed by atoms with Crippen LogP contribution in [-0.2, 0) is 13.6 Å². The molecule has 0 aliphatic rings. The van der Waals surface area contributed by atoms with Gasteiger partial charge in [-0.1, -0.05) is 22.0 Å².